The molecule has 1 aliphatic rings. The van der Waals surface area contributed by atoms with Gasteiger partial charge >= 0.3 is 5.97 Å². The van der Waals surface area contributed by atoms with Gasteiger partial charge in [-0.2, -0.15) is 11.8 Å². The Morgan fingerprint density at radius 3 is 3.00 bits per heavy atom. The number of nitrogens with zero attached hydrogens (tertiary/aromatic N) is 1. The lowest BCUT2D eigenvalue weighted by Crippen LogP contribution is -2.40. The standard InChI is InChI=1S/C12H23NO2S/c1-3-15-12(14)11-6-5-7-13(10-11)8-9-16-4-2/h11H,3-10H2,1-2H3/t11-/m1/s1. The van der Waals surface area contributed by atoms with Crippen molar-refractivity contribution in [2.45, 2.75) is 26.7 Å². The molecule has 1 heterocycles. The van der Waals surface area contributed by atoms with Crippen molar-refractivity contribution in [1.29, 1.82) is 0 Å². The van der Waals surface area contributed by atoms with Crippen LogP contribution in [0.1, 0.15) is 26.7 Å². The van der Waals surface area contributed by atoms with E-state index >= 15 is 0 Å². The van der Waals surface area contributed by atoms with Crippen molar-refractivity contribution in [2.24, 2.45) is 5.92 Å². The first-order valence-electron chi connectivity index (χ1n) is 6.24. The highest BCUT2D eigenvalue weighted by atomic mass is 32.2. The van der Waals surface area contributed by atoms with E-state index in [2.05, 4.69) is 11.8 Å². The second kappa shape index (κ2) is 7.96. The van der Waals surface area contributed by atoms with Gasteiger partial charge in [0, 0.05) is 18.8 Å². The zero-order valence-corrected chi connectivity index (χ0v) is 11.2. The van der Waals surface area contributed by atoms with Crippen LogP contribution in [0.4, 0.5) is 0 Å². The van der Waals surface area contributed by atoms with Crippen molar-refractivity contribution in [3.05, 3.63) is 0 Å². The van der Waals surface area contributed by atoms with E-state index in [0.717, 1.165) is 32.5 Å². The smallest absolute Gasteiger partial charge is 0.310 e. The minimum absolute atomic E-state index is 0.00431. The van der Waals surface area contributed by atoms with Crippen LogP contribution < -0.4 is 0 Å². The monoisotopic (exact) mass is 245 g/mol. The minimum atomic E-state index is -0.00431. The number of rotatable bonds is 6. The molecule has 3 nitrogen and oxygen atoms in total. The molecule has 0 aliphatic carbocycles. The van der Waals surface area contributed by atoms with Gasteiger partial charge in [0.25, 0.3) is 0 Å². The van der Waals surface area contributed by atoms with Gasteiger partial charge < -0.3 is 9.64 Å². The summed E-state index contributed by atoms with van der Waals surface area (Å²) in [5.74, 6) is 2.46. The summed E-state index contributed by atoms with van der Waals surface area (Å²) in [7, 11) is 0. The van der Waals surface area contributed by atoms with Crippen LogP contribution in [0.5, 0.6) is 0 Å². The molecule has 0 amide bonds. The summed E-state index contributed by atoms with van der Waals surface area (Å²) < 4.78 is 5.08. The van der Waals surface area contributed by atoms with E-state index < -0.39 is 0 Å². The molecule has 1 saturated heterocycles. The van der Waals surface area contributed by atoms with E-state index in [4.69, 9.17) is 4.74 Å². The third-order valence-corrected chi connectivity index (χ3v) is 3.76. The van der Waals surface area contributed by atoms with E-state index in [9.17, 15) is 4.79 Å². The van der Waals surface area contributed by atoms with Gasteiger partial charge in [0.2, 0.25) is 0 Å². The molecule has 1 fully saturated rings. The summed E-state index contributed by atoms with van der Waals surface area (Å²) >= 11 is 1.96. The highest BCUT2D eigenvalue weighted by molar-refractivity contribution is 7.99. The number of carbonyl (C=O) groups excluding carboxylic acids is 1. The maximum atomic E-state index is 11.6. The number of esters is 1. The molecule has 1 atom stereocenters. The average molecular weight is 245 g/mol. The van der Waals surface area contributed by atoms with Gasteiger partial charge in [0.05, 0.1) is 12.5 Å². The second-order valence-electron chi connectivity index (χ2n) is 4.09. The Kier molecular flexibility index (Phi) is 6.88. The molecular formula is C12H23NO2S. The maximum absolute atomic E-state index is 11.6. The van der Waals surface area contributed by atoms with Gasteiger partial charge in [-0.25, -0.2) is 0 Å². The number of piperidine rings is 1. The van der Waals surface area contributed by atoms with E-state index in [1.54, 1.807) is 0 Å². The Morgan fingerprint density at radius 1 is 1.50 bits per heavy atom. The minimum Gasteiger partial charge on any atom is -0.466 e. The fraction of sp³-hybridized carbons (Fsp3) is 0.917. The Labute approximate surface area is 103 Å². The predicted molar refractivity (Wildman–Crippen MR) is 68.8 cm³/mol. The normalized spacial score (nSPS) is 22.0. The fourth-order valence-corrected chi connectivity index (χ4v) is 2.73. The van der Waals surface area contributed by atoms with Crippen LogP contribution in [0.25, 0.3) is 0 Å². The fourth-order valence-electron chi connectivity index (χ4n) is 2.05. The molecule has 16 heavy (non-hydrogen) atoms. The van der Waals surface area contributed by atoms with E-state index in [-0.39, 0.29) is 11.9 Å². The van der Waals surface area contributed by atoms with E-state index in [1.165, 1.54) is 11.5 Å². The van der Waals surface area contributed by atoms with Crippen LogP contribution in [0.2, 0.25) is 0 Å². The Balaban J connectivity index is 2.26. The molecule has 0 unspecified atom stereocenters. The lowest BCUT2D eigenvalue weighted by molar-refractivity contribution is -0.149. The molecule has 4 heteroatoms. The number of thioether (sulfide) groups is 1. The van der Waals surface area contributed by atoms with Crippen molar-refractivity contribution in [1.82, 2.24) is 4.90 Å². The van der Waals surface area contributed by atoms with Gasteiger partial charge in [-0.15, -0.1) is 0 Å². The zero-order valence-electron chi connectivity index (χ0n) is 10.4. The number of ether oxygens (including phenoxy) is 1. The van der Waals surface area contributed by atoms with Crippen LogP contribution in [0, 0.1) is 5.92 Å². The summed E-state index contributed by atoms with van der Waals surface area (Å²) in [6.45, 7) is 7.69. The quantitative estimate of drug-likeness (QED) is 0.529. The molecule has 94 valence electrons. The first-order chi connectivity index (χ1) is 7.77. The molecule has 1 rings (SSSR count). The highest BCUT2D eigenvalue weighted by Gasteiger charge is 2.26. The van der Waals surface area contributed by atoms with Gasteiger partial charge in [0.1, 0.15) is 0 Å². The Morgan fingerprint density at radius 2 is 2.31 bits per heavy atom. The lowest BCUT2D eigenvalue weighted by atomic mass is 9.98. The van der Waals surface area contributed by atoms with Gasteiger partial charge in [-0.1, -0.05) is 6.92 Å². The Bertz CT molecular complexity index is 211. The van der Waals surface area contributed by atoms with Gasteiger partial charge in [0.15, 0.2) is 0 Å². The molecule has 0 aromatic heterocycles. The number of likely N-dealkylation sites (tertiary alicyclic amines) is 1. The van der Waals surface area contributed by atoms with Crippen molar-refractivity contribution < 1.29 is 9.53 Å². The van der Waals surface area contributed by atoms with Crippen LogP contribution in [-0.4, -0.2) is 48.6 Å². The SMILES string of the molecule is CCOC(=O)[C@@H]1CCCN(CCSCC)C1. The van der Waals surface area contributed by atoms with Gasteiger partial charge in [-0.05, 0) is 32.1 Å². The highest BCUT2D eigenvalue weighted by Crippen LogP contribution is 2.18. The summed E-state index contributed by atoms with van der Waals surface area (Å²) in [6.07, 6.45) is 2.12. The molecule has 1 aliphatic heterocycles. The third kappa shape index (κ3) is 4.74. The molecular weight excluding hydrogens is 222 g/mol. The molecule has 0 spiro atoms. The lowest BCUT2D eigenvalue weighted by Gasteiger charge is -2.31. The van der Waals surface area contributed by atoms with Crippen LogP contribution in [0.3, 0.4) is 0 Å². The third-order valence-electron chi connectivity index (χ3n) is 2.88. The average Bonchev–Trinajstić information content (AvgIpc) is 2.30. The van der Waals surface area contributed by atoms with Crippen molar-refractivity contribution >= 4 is 17.7 Å². The zero-order chi connectivity index (χ0) is 11.8. The summed E-state index contributed by atoms with van der Waals surface area (Å²) in [6, 6.07) is 0. The predicted octanol–water partition coefficient (Wildman–Crippen LogP) is 2.01. The van der Waals surface area contributed by atoms with Crippen LogP contribution in [0.15, 0.2) is 0 Å². The molecule has 0 aromatic carbocycles. The van der Waals surface area contributed by atoms with Crippen LogP contribution >= 0.6 is 11.8 Å². The number of carbonyl (C=O) groups is 1. The summed E-state index contributed by atoms with van der Waals surface area (Å²) in [5, 5.41) is 0. The van der Waals surface area contributed by atoms with Crippen LogP contribution in [-0.2, 0) is 9.53 Å². The number of hydrogen-bond donors (Lipinski definition) is 0. The summed E-state index contributed by atoms with van der Waals surface area (Å²) in [4.78, 5) is 14.0. The maximum Gasteiger partial charge on any atom is 0.310 e. The first-order valence-corrected chi connectivity index (χ1v) is 7.40. The van der Waals surface area contributed by atoms with E-state index in [1.807, 2.05) is 18.7 Å². The summed E-state index contributed by atoms with van der Waals surface area (Å²) in [5.41, 5.74) is 0. The first kappa shape index (κ1) is 13.8. The molecule has 0 N–H and O–H groups in total. The number of hydrogen-bond acceptors (Lipinski definition) is 4. The van der Waals surface area contributed by atoms with Gasteiger partial charge in [-0.3, -0.25) is 4.79 Å². The van der Waals surface area contributed by atoms with Crippen molar-refractivity contribution in [2.75, 3.05) is 37.7 Å². The largest absolute Gasteiger partial charge is 0.466 e. The molecule has 0 saturated carbocycles. The van der Waals surface area contributed by atoms with Crippen molar-refractivity contribution in [3.8, 4) is 0 Å². The van der Waals surface area contributed by atoms with E-state index in [0.29, 0.717) is 6.61 Å². The molecule has 0 bridgehead atoms. The molecule has 0 aromatic rings. The second-order valence-corrected chi connectivity index (χ2v) is 5.48. The topological polar surface area (TPSA) is 29.5 Å². The Hall–Kier alpha value is -0.220. The molecule has 0 radical (unpaired) electrons. The van der Waals surface area contributed by atoms with Crippen molar-refractivity contribution in [3.63, 3.8) is 0 Å².